The molecule has 2 N–H and O–H groups in total. The van der Waals surface area contributed by atoms with Crippen LogP contribution in [0.2, 0.25) is 0 Å². The molecular weight excluding hydrogens is 242 g/mol. The Morgan fingerprint density at radius 2 is 1.94 bits per heavy atom. The smallest absolute Gasteiger partial charge is 0.410 e. The van der Waals surface area contributed by atoms with E-state index in [-0.39, 0.29) is 25.9 Å². The fourth-order valence-electron chi connectivity index (χ4n) is 2.77. The molecule has 0 radical (unpaired) electrons. The summed E-state index contributed by atoms with van der Waals surface area (Å²) in [5.41, 5.74) is 4.60. The first-order valence-corrected chi connectivity index (χ1v) is 6.14. The molecule has 2 aliphatic rings. The zero-order valence-electron chi connectivity index (χ0n) is 11.0. The maximum absolute atomic E-state index is 13.3. The summed E-state index contributed by atoms with van der Waals surface area (Å²) >= 11 is 0. The Bertz CT molecular complexity index is 360. The molecule has 1 atom stereocenters. The summed E-state index contributed by atoms with van der Waals surface area (Å²) in [6.07, 6.45) is -0.953. The maximum atomic E-state index is 13.3. The minimum absolute atomic E-state index is 0.222. The van der Waals surface area contributed by atoms with Crippen LogP contribution in [0.25, 0.3) is 0 Å². The van der Waals surface area contributed by atoms with Gasteiger partial charge in [-0.3, -0.25) is 0 Å². The summed E-state index contributed by atoms with van der Waals surface area (Å²) in [6.45, 7) is 5.87. The molecule has 1 spiro atoms. The van der Waals surface area contributed by atoms with E-state index < -0.39 is 29.1 Å². The van der Waals surface area contributed by atoms with Gasteiger partial charge in [0, 0.05) is 37.4 Å². The fraction of sp³-hybridized carbons (Fsp3) is 0.917. The molecule has 1 aliphatic carbocycles. The van der Waals surface area contributed by atoms with Gasteiger partial charge >= 0.3 is 6.09 Å². The molecule has 1 heterocycles. The Kier molecular flexibility index (Phi) is 2.85. The van der Waals surface area contributed by atoms with Gasteiger partial charge in [-0.2, -0.15) is 0 Å². The lowest BCUT2D eigenvalue weighted by molar-refractivity contribution is -0.0592. The van der Waals surface area contributed by atoms with Crippen molar-refractivity contribution in [3.05, 3.63) is 0 Å². The third-order valence-corrected chi connectivity index (χ3v) is 3.58. The number of likely N-dealkylation sites (tertiary alicyclic amines) is 1. The average Bonchev–Trinajstić information content (AvgIpc) is 2.29. The Morgan fingerprint density at radius 1 is 1.39 bits per heavy atom. The summed E-state index contributed by atoms with van der Waals surface area (Å²) in [7, 11) is 0. The van der Waals surface area contributed by atoms with E-state index in [1.807, 2.05) is 0 Å². The highest BCUT2D eigenvalue weighted by atomic mass is 19.3. The molecule has 18 heavy (non-hydrogen) atoms. The molecule has 2 rings (SSSR count). The predicted molar refractivity (Wildman–Crippen MR) is 62.4 cm³/mol. The highest BCUT2D eigenvalue weighted by molar-refractivity contribution is 5.69. The molecule has 1 aliphatic heterocycles. The van der Waals surface area contributed by atoms with Crippen molar-refractivity contribution in [2.75, 3.05) is 13.1 Å². The summed E-state index contributed by atoms with van der Waals surface area (Å²) < 4.78 is 31.8. The van der Waals surface area contributed by atoms with E-state index in [2.05, 4.69) is 0 Å². The molecule has 1 saturated carbocycles. The van der Waals surface area contributed by atoms with Crippen molar-refractivity contribution >= 4 is 6.09 Å². The van der Waals surface area contributed by atoms with Gasteiger partial charge in [0.1, 0.15) is 5.60 Å². The number of nitrogens with zero attached hydrogens (tertiary/aromatic N) is 1. The quantitative estimate of drug-likeness (QED) is 0.726. The number of ether oxygens (including phenoxy) is 1. The van der Waals surface area contributed by atoms with Crippen molar-refractivity contribution in [1.82, 2.24) is 4.90 Å². The zero-order chi connectivity index (χ0) is 13.8. The molecule has 1 amide bonds. The van der Waals surface area contributed by atoms with Crippen LogP contribution in [0.15, 0.2) is 0 Å². The summed E-state index contributed by atoms with van der Waals surface area (Å²) in [4.78, 5) is 13.2. The molecular formula is C12H20F2N2O2. The van der Waals surface area contributed by atoms with Crippen molar-refractivity contribution in [2.24, 2.45) is 11.1 Å². The topological polar surface area (TPSA) is 55.6 Å². The first kappa shape index (κ1) is 13.5. The van der Waals surface area contributed by atoms with E-state index in [0.29, 0.717) is 0 Å². The minimum Gasteiger partial charge on any atom is -0.444 e. The molecule has 0 aromatic rings. The van der Waals surface area contributed by atoms with Crippen LogP contribution in [0.3, 0.4) is 0 Å². The monoisotopic (exact) mass is 262 g/mol. The number of carbonyl (C=O) groups excluding carboxylic acids is 1. The average molecular weight is 262 g/mol. The second kappa shape index (κ2) is 3.79. The molecule has 2 fully saturated rings. The first-order chi connectivity index (χ1) is 8.03. The van der Waals surface area contributed by atoms with Crippen LogP contribution in [-0.2, 0) is 4.74 Å². The van der Waals surface area contributed by atoms with E-state index in [4.69, 9.17) is 10.5 Å². The Morgan fingerprint density at radius 3 is 2.33 bits per heavy atom. The Balaban J connectivity index is 1.93. The van der Waals surface area contributed by atoms with Crippen LogP contribution in [0.5, 0.6) is 0 Å². The van der Waals surface area contributed by atoms with Crippen molar-refractivity contribution < 1.29 is 18.3 Å². The normalized spacial score (nSPS) is 29.2. The van der Waals surface area contributed by atoms with Gasteiger partial charge in [-0.25, -0.2) is 13.6 Å². The van der Waals surface area contributed by atoms with E-state index in [1.54, 1.807) is 20.8 Å². The third kappa shape index (κ3) is 2.43. The second-order valence-corrected chi connectivity index (χ2v) is 6.54. The Labute approximate surface area is 105 Å². The van der Waals surface area contributed by atoms with E-state index in [0.717, 1.165) is 0 Å². The lowest BCUT2D eigenvalue weighted by atomic mass is 9.75. The van der Waals surface area contributed by atoms with Crippen LogP contribution in [-0.4, -0.2) is 41.6 Å². The number of alkyl halides is 2. The molecule has 0 unspecified atom stereocenters. The van der Waals surface area contributed by atoms with E-state index in [9.17, 15) is 13.6 Å². The standard InChI is InChI=1S/C12H20F2N2O2/c1-10(2,3)18-9(17)16-6-11(7-16)5-12(13,14)4-8(11)15/h8H,4-7,15H2,1-3H3/t8-/m0/s1. The molecule has 6 heteroatoms. The predicted octanol–water partition coefficient (Wildman–Crippen LogP) is 1.98. The zero-order valence-corrected chi connectivity index (χ0v) is 11.0. The molecule has 0 aromatic carbocycles. The van der Waals surface area contributed by atoms with Gasteiger partial charge in [0.05, 0.1) is 0 Å². The molecule has 0 aromatic heterocycles. The van der Waals surface area contributed by atoms with E-state index in [1.165, 1.54) is 4.90 Å². The third-order valence-electron chi connectivity index (χ3n) is 3.58. The molecule has 1 saturated heterocycles. The van der Waals surface area contributed by atoms with E-state index >= 15 is 0 Å². The largest absolute Gasteiger partial charge is 0.444 e. The van der Waals surface area contributed by atoms with Gasteiger partial charge < -0.3 is 15.4 Å². The maximum Gasteiger partial charge on any atom is 0.410 e. The number of rotatable bonds is 0. The number of nitrogens with two attached hydrogens (primary N) is 1. The van der Waals surface area contributed by atoms with Gasteiger partial charge in [-0.1, -0.05) is 0 Å². The van der Waals surface area contributed by atoms with Crippen molar-refractivity contribution in [1.29, 1.82) is 0 Å². The van der Waals surface area contributed by atoms with Crippen LogP contribution in [0, 0.1) is 5.41 Å². The Hall–Kier alpha value is -0.910. The van der Waals surface area contributed by atoms with Crippen LogP contribution in [0.4, 0.5) is 13.6 Å². The molecule has 104 valence electrons. The summed E-state index contributed by atoms with van der Waals surface area (Å²) in [5, 5.41) is 0. The van der Waals surface area contributed by atoms with Crippen molar-refractivity contribution in [3.63, 3.8) is 0 Å². The highest BCUT2D eigenvalue weighted by Gasteiger charge is 2.61. The van der Waals surface area contributed by atoms with Gasteiger partial charge in [0.2, 0.25) is 5.92 Å². The highest BCUT2D eigenvalue weighted by Crippen LogP contribution is 2.51. The number of hydrogen-bond donors (Lipinski definition) is 1. The number of carbonyl (C=O) groups is 1. The van der Waals surface area contributed by atoms with Gasteiger partial charge in [0.15, 0.2) is 0 Å². The first-order valence-electron chi connectivity index (χ1n) is 6.14. The lowest BCUT2D eigenvalue weighted by Crippen LogP contribution is -2.64. The summed E-state index contributed by atoms with van der Waals surface area (Å²) in [6, 6.07) is -0.536. The van der Waals surface area contributed by atoms with Crippen LogP contribution >= 0.6 is 0 Å². The van der Waals surface area contributed by atoms with Crippen LogP contribution < -0.4 is 5.73 Å². The molecule has 0 bridgehead atoms. The van der Waals surface area contributed by atoms with Gasteiger partial charge in [-0.05, 0) is 20.8 Å². The fourth-order valence-corrected chi connectivity index (χ4v) is 2.77. The van der Waals surface area contributed by atoms with Crippen molar-refractivity contribution in [3.8, 4) is 0 Å². The number of halogens is 2. The van der Waals surface area contributed by atoms with Crippen molar-refractivity contribution in [2.45, 2.75) is 51.2 Å². The number of amides is 1. The SMILES string of the molecule is CC(C)(C)OC(=O)N1CC2(C1)CC(F)(F)C[C@@H]2N. The molecule has 4 nitrogen and oxygen atoms in total. The van der Waals surface area contributed by atoms with Crippen LogP contribution in [0.1, 0.15) is 33.6 Å². The second-order valence-electron chi connectivity index (χ2n) is 6.54. The lowest BCUT2D eigenvalue weighted by Gasteiger charge is -2.50. The number of hydrogen-bond acceptors (Lipinski definition) is 3. The minimum atomic E-state index is -2.70. The van der Waals surface area contributed by atoms with Gasteiger partial charge in [0.25, 0.3) is 0 Å². The summed E-state index contributed by atoms with van der Waals surface area (Å²) in [5.74, 6) is -2.70. The van der Waals surface area contributed by atoms with Gasteiger partial charge in [-0.15, -0.1) is 0 Å².